The highest BCUT2D eigenvalue weighted by Gasteiger charge is 2.30. The van der Waals surface area contributed by atoms with Crippen LogP contribution in [0.3, 0.4) is 0 Å². The molecule has 1 fully saturated rings. The monoisotopic (exact) mass is 375 g/mol. The second-order valence-corrected chi connectivity index (χ2v) is 6.89. The van der Waals surface area contributed by atoms with Crippen LogP contribution >= 0.6 is 11.6 Å². The van der Waals surface area contributed by atoms with E-state index in [2.05, 4.69) is 15.1 Å². The minimum Gasteiger partial charge on any atom is -0.372 e. The maximum Gasteiger partial charge on any atom is 0.206 e. The van der Waals surface area contributed by atoms with Gasteiger partial charge in [0.1, 0.15) is 16.2 Å². The number of hydrogen-bond acceptors (Lipinski definition) is 7. The number of carbonyl (C=O) groups excluding carboxylic acids is 1. The molecule has 0 N–H and O–H groups in total. The van der Waals surface area contributed by atoms with Crippen molar-refractivity contribution in [3.05, 3.63) is 23.1 Å². The van der Waals surface area contributed by atoms with Crippen LogP contribution in [0.1, 0.15) is 24.3 Å². The van der Waals surface area contributed by atoms with Crippen LogP contribution in [0.5, 0.6) is 0 Å². The largest absolute Gasteiger partial charge is 0.372 e. The second kappa shape index (κ2) is 6.37. The SMILES string of the molecule is C[C@@H]1CN(c2c(C=O)nc3c(-c4nccn4C)noc3c2Cl)C[C@H](C)O1. The molecule has 1 aliphatic heterocycles. The highest BCUT2D eigenvalue weighted by molar-refractivity contribution is 6.38. The average molecular weight is 376 g/mol. The van der Waals surface area contributed by atoms with E-state index >= 15 is 0 Å². The van der Waals surface area contributed by atoms with Gasteiger partial charge in [0, 0.05) is 32.5 Å². The zero-order valence-corrected chi connectivity index (χ0v) is 15.4. The highest BCUT2D eigenvalue weighted by Crippen LogP contribution is 2.38. The summed E-state index contributed by atoms with van der Waals surface area (Å²) in [6, 6.07) is 0. The van der Waals surface area contributed by atoms with E-state index < -0.39 is 0 Å². The molecule has 26 heavy (non-hydrogen) atoms. The second-order valence-electron chi connectivity index (χ2n) is 6.51. The quantitative estimate of drug-likeness (QED) is 0.650. The third-order valence-electron chi connectivity index (χ3n) is 4.43. The lowest BCUT2D eigenvalue weighted by Crippen LogP contribution is -2.46. The molecule has 4 rings (SSSR count). The van der Waals surface area contributed by atoms with Crippen LogP contribution in [0.15, 0.2) is 16.9 Å². The van der Waals surface area contributed by atoms with Gasteiger partial charge in [0.05, 0.1) is 17.9 Å². The number of halogens is 1. The first kappa shape index (κ1) is 17.0. The Balaban J connectivity index is 1.89. The molecule has 0 saturated carbocycles. The molecule has 3 aromatic rings. The van der Waals surface area contributed by atoms with Crippen molar-refractivity contribution in [3.8, 4) is 11.5 Å². The third-order valence-corrected chi connectivity index (χ3v) is 4.78. The fourth-order valence-electron chi connectivity index (χ4n) is 3.41. The zero-order chi connectivity index (χ0) is 18.4. The first-order chi connectivity index (χ1) is 12.5. The molecule has 0 spiro atoms. The summed E-state index contributed by atoms with van der Waals surface area (Å²) in [5.41, 5.74) is 2.02. The van der Waals surface area contributed by atoms with Crippen molar-refractivity contribution in [2.75, 3.05) is 18.0 Å². The van der Waals surface area contributed by atoms with Crippen LogP contribution in [0, 0.1) is 0 Å². The lowest BCUT2D eigenvalue weighted by molar-refractivity contribution is -0.00526. The number of anilines is 1. The number of nitrogens with zero attached hydrogens (tertiary/aromatic N) is 5. The number of ether oxygens (including phenoxy) is 1. The number of rotatable bonds is 3. The smallest absolute Gasteiger partial charge is 0.206 e. The Labute approximate surface area is 154 Å². The van der Waals surface area contributed by atoms with Gasteiger partial charge in [0.15, 0.2) is 17.8 Å². The number of carbonyl (C=O) groups is 1. The van der Waals surface area contributed by atoms with Crippen molar-refractivity contribution < 1.29 is 14.1 Å². The fraction of sp³-hybridized carbons (Fsp3) is 0.412. The standard InChI is InChI=1S/C17H18ClN5O3/c1-9-6-23(7-10(2)25-9)15-11(8-24)20-13-14(17-19-4-5-22(17)3)21-26-16(13)12(15)18/h4-5,8-10H,6-7H2,1-3H3/t9-,10+. The van der Waals surface area contributed by atoms with E-state index in [1.54, 1.807) is 17.0 Å². The van der Waals surface area contributed by atoms with Crippen molar-refractivity contribution in [2.24, 2.45) is 7.05 Å². The van der Waals surface area contributed by atoms with Crippen LogP contribution < -0.4 is 4.90 Å². The molecular formula is C17H18ClN5O3. The molecule has 1 saturated heterocycles. The number of aryl methyl sites for hydroxylation is 1. The van der Waals surface area contributed by atoms with Crippen molar-refractivity contribution in [3.63, 3.8) is 0 Å². The average Bonchev–Trinajstić information content (AvgIpc) is 3.19. The molecule has 3 aromatic heterocycles. The summed E-state index contributed by atoms with van der Waals surface area (Å²) in [6.45, 7) is 5.18. The number of aromatic nitrogens is 4. The van der Waals surface area contributed by atoms with Gasteiger partial charge in [0.2, 0.25) is 5.58 Å². The molecular weight excluding hydrogens is 358 g/mol. The normalized spacial score (nSPS) is 20.7. The molecule has 0 aliphatic carbocycles. The first-order valence-corrected chi connectivity index (χ1v) is 8.69. The van der Waals surface area contributed by atoms with Gasteiger partial charge in [-0.3, -0.25) is 4.79 Å². The van der Waals surface area contributed by atoms with Gasteiger partial charge < -0.3 is 18.7 Å². The first-order valence-electron chi connectivity index (χ1n) is 8.31. The maximum atomic E-state index is 11.8. The molecule has 136 valence electrons. The predicted octanol–water partition coefficient (Wildman–Crippen LogP) is 2.70. The Morgan fingerprint density at radius 2 is 2.04 bits per heavy atom. The van der Waals surface area contributed by atoms with Gasteiger partial charge in [0.25, 0.3) is 0 Å². The van der Waals surface area contributed by atoms with Crippen LogP contribution in [0.25, 0.3) is 22.6 Å². The molecule has 0 aromatic carbocycles. The third kappa shape index (κ3) is 2.65. The Bertz CT molecular complexity index is 972. The van der Waals surface area contributed by atoms with E-state index in [4.69, 9.17) is 20.9 Å². The Kier molecular flexibility index (Phi) is 4.16. The van der Waals surface area contributed by atoms with Crippen LogP contribution in [0.4, 0.5) is 5.69 Å². The summed E-state index contributed by atoms with van der Waals surface area (Å²) in [7, 11) is 1.84. The summed E-state index contributed by atoms with van der Waals surface area (Å²) in [5.74, 6) is 0.588. The van der Waals surface area contributed by atoms with E-state index in [9.17, 15) is 4.79 Å². The van der Waals surface area contributed by atoms with Gasteiger partial charge in [-0.1, -0.05) is 16.8 Å². The molecule has 0 unspecified atom stereocenters. The van der Waals surface area contributed by atoms with Gasteiger partial charge in [-0.2, -0.15) is 0 Å². The Morgan fingerprint density at radius 3 is 2.65 bits per heavy atom. The number of morpholine rings is 1. The van der Waals surface area contributed by atoms with Crippen LogP contribution in [-0.4, -0.2) is 51.3 Å². The molecule has 0 bridgehead atoms. The fourth-order valence-corrected chi connectivity index (χ4v) is 3.75. The molecule has 1 aliphatic rings. The van der Waals surface area contributed by atoms with E-state index in [-0.39, 0.29) is 17.9 Å². The maximum absolute atomic E-state index is 11.8. The highest BCUT2D eigenvalue weighted by atomic mass is 35.5. The summed E-state index contributed by atoms with van der Waals surface area (Å²) >= 11 is 6.63. The van der Waals surface area contributed by atoms with Crippen LogP contribution in [-0.2, 0) is 11.8 Å². The van der Waals surface area contributed by atoms with Gasteiger partial charge in [-0.05, 0) is 13.8 Å². The summed E-state index contributed by atoms with van der Waals surface area (Å²) in [5, 5.41) is 4.41. The number of imidazole rings is 1. The van der Waals surface area contributed by atoms with Gasteiger partial charge in [-0.15, -0.1) is 0 Å². The number of aldehydes is 1. The number of hydrogen-bond donors (Lipinski definition) is 0. The van der Waals surface area contributed by atoms with E-state index in [1.165, 1.54) is 0 Å². The van der Waals surface area contributed by atoms with Crippen LogP contribution in [0.2, 0.25) is 5.02 Å². The van der Waals surface area contributed by atoms with Gasteiger partial charge in [-0.25, -0.2) is 9.97 Å². The molecule has 8 nitrogen and oxygen atoms in total. The van der Waals surface area contributed by atoms with Gasteiger partial charge >= 0.3 is 0 Å². The van der Waals surface area contributed by atoms with Crippen molar-refractivity contribution >= 4 is 34.7 Å². The molecule has 9 heteroatoms. The molecule has 0 amide bonds. The number of fused-ring (bicyclic) bond motifs is 1. The zero-order valence-electron chi connectivity index (χ0n) is 14.6. The Hall–Kier alpha value is -2.45. The number of pyridine rings is 1. The summed E-state index contributed by atoms with van der Waals surface area (Å²) in [4.78, 5) is 22.5. The summed E-state index contributed by atoms with van der Waals surface area (Å²) < 4.78 is 13.0. The topological polar surface area (TPSA) is 86.3 Å². The molecule has 2 atom stereocenters. The lowest BCUT2D eigenvalue weighted by Gasteiger charge is -2.37. The van der Waals surface area contributed by atoms with Crippen molar-refractivity contribution in [1.82, 2.24) is 19.7 Å². The molecule has 0 radical (unpaired) electrons. The van der Waals surface area contributed by atoms with E-state index in [1.807, 2.05) is 25.8 Å². The predicted molar refractivity (Wildman–Crippen MR) is 96.6 cm³/mol. The van der Waals surface area contributed by atoms with Crippen molar-refractivity contribution in [2.45, 2.75) is 26.1 Å². The molecule has 4 heterocycles. The van der Waals surface area contributed by atoms with E-state index in [0.29, 0.717) is 52.7 Å². The van der Waals surface area contributed by atoms with E-state index in [0.717, 1.165) is 0 Å². The Morgan fingerprint density at radius 1 is 1.31 bits per heavy atom. The summed E-state index contributed by atoms with van der Waals surface area (Å²) in [6.07, 6.45) is 4.19. The lowest BCUT2D eigenvalue weighted by atomic mass is 10.1. The minimum absolute atomic E-state index is 0.0165. The van der Waals surface area contributed by atoms with Crippen molar-refractivity contribution in [1.29, 1.82) is 0 Å². The minimum atomic E-state index is 0.0165.